The van der Waals surface area contributed by atoms with Crippen molar-refractivity contribution in [1.82, 2.24) is 4.98 Å². The molecule has 4 nitrogen and oxygen atoms in total. The van der Waals surface area contributed by atoms with E-state index in [1.807, 2.05) is 30.3 Å². The summed E-state index contributed by atoms with van der Waals surface area (Å²) in [5, 5.41) is 5.84. The van der Waals surface area contributed by atoms with Gasteiger partial charge in [0.25, 0.3) is 5.91 Å². The van der Waals surface area contributed by atoms with Crippen LogP contribution < -0.4 is 10.6 Å². The lowest BCUT2D eigenvalue weighted by molar-refractivity contribution is 0.102. The van der Waals surface area contributed by atoms with Crippen LogP contribution in [0.3, 0.4) is 0 Å². The fourth-order valence-electron chi connectivity index (χ4n) is 2.08. The number of hydrogen-bond acceptors (Lipinski definition) is 3. The predicted molar refractivity (Wildman–Crippen MR) is 88.3 cm³/mol. The van der Waals surface area contributed by atoms with Crippen molar-refractivity contribution in [3.05, 3.63) is 84.3 Å². The highest BCUT2D eigenvalue weighted by atomic mass is 19.1. The van der Waals surface area contributed by atoms with Crippen LogP contribution in [0.4, 0.5) is 21.6 Å². The number of carbonyl (C=O) groups excluding carboxylic acids is 1. The molecule has 0 radical (unpaired) electrons. The number of pyridine rings is 1. The van der Waals surface area contributed by atoms with Crippen LogP contribution in [0.5, 0.6) is 0 Å². The van der Waals surface area contributed by atoms with Crippen molar-refractivity contribution in [3.8, 4) is 0 Å². The number of nitrogens with one attached hydrogen (secondary N) is 2. The minimum atomic E-state index is -0.351. The van der Waals surface area contributed by atoms with Gasteiger partial charge in [0.05, 0.1) is 5.56 Å². The van der Waals surface area contributed by atoms with E-state index in [1.54, 1.807) is 18.3 Å². The Bertz CT molecular complexity index is 804. The third kappa shape index (κ3) is 3.71. The van der Waals surface area contributed by atoms with Gasteiger partial charge in [-0.2, -0.15) is 0 Å². The summed E-state index contributed by atoms with van der Waals surface area (Å²) in [6.07, 6.45) is 1.61. The molecule has 5 heteroatoms. The maximum absolute atomic E-state index is 12.9. The van der Waals surface area contributed by atoms with E-state index in [9.17, 15) is 9.18 Å². The Balaban J connectivity index is 1.82. The summed E-state index contributed by atoms with van der Waals surface area (Å²) >= 11 is 0. The van der Waals surface area contributed by atoms with Crippen LogP contribution in [-0.4, -0.2) is 10.9 Å². The van der Waals surface area contributed by atoms with Crippen molar-refractivity contribution in [2.45, 2.75) is 0 Å². The quantitative estimate of drug-likeness (QED) is 0.759. The molecule has 0 unspecified atom stereocenters. The summed E-state index contributed by atoms with van der Waals surface area (Å²) < 4.78 is 12.9. The zero-order valence-corrected chi connectivity index (χ0v) is 12.2. The van der Waals surface area contributed by atoms with Crippen LogP contribution in [0.25, 0.3) is 0 Å². The minimum absolute atomic E-state index is 0.317. The summed E-state index contributed by atoms with van der Waals surface area (Å²) in [5.41, 5.74) is 1.76. The molecule has 3 aromatic rings. The standard InChI is InChI=1S/C18H14FN3O/c19-13-8-10-15(11-9-13)22-18(23)16-7-4-12-20-17(16)21-14-5-2-1-3-6-14/h1-12H,(H,20,21)(H,22,23). The summed E-state index contributed by atoms with van der Waals surface area (Å²) in [6, 6.07) is 18.4. The molecule has 3 rings (SSSR count). The van der Waals surface area contributed by atoms with Crippen LogP contribution in [0.2, 0.25) is 0 Å². The molecule has 2 aromatic carbocycles. The highest BCUT2D eigenvalue weighted by molar-refractivity contribution is 6.07. The SMILES string of the molecule is O=C(Nc1ccc(F)cc1)c1cccnc1Nc1ccccc1. The Labute approximate surface area is 133 Å². The fraction of sp³-hybridized carbons (Fsp3) is 0. The molecular weight excluding hydrogens is 293 g/mol. The third-order valence-electron chi connectivity index (χ3n) is 3.19. The van der Waals surface area contributed by atoms with Gasteiger partial charge < -0.3 is 10.6 Å². The smallest absolute Gasteiger partial charge is 0.259 e. The van der Waals surface area contributed by atoms with Crippen molar-refractivity contribution >= 4 is 23.1 Å². The number of halogens is 1. The van der Waals surface area contributed by atoms with Gasteiger partial charge >= 0.3 is 0 Å². The van der Waals surface area contributed by atoms with E-state index >= 15 is 0 Å². The molecule has 0 atom stereocenters. The molecule has 0 aliphatic rings. The van der Waals surface area contributed by atoms with Gasteiger partial charge in [-0.25, -0.2) is 9.37 Å². The van der Waals surface area contributed by atoms with Crippen molar-refractivity contribution < 1.29 is 9.18 Å². The molecule has 1 aromatic heterocycles. The van der Waals surface area contributed by atoms with Crippen LogP contribution in [0.15, 0.2) is 72.9 Å². The number of amides is 1. The predicted octanol–water partition coefficient (Wildman–Crippen LogP) is 4.22. The molecule has 114 valence electrons. The number of hydrogen-bond donors (Lipinski definition) is 2. The first-order valence-corrected chi connectivity index (χ1v) is 7.06. The summed E-state index contributed by atoms with van der Waals surface area (Å²) in [4.78, 5) is 16.6. The highest BCUT2D eigenvalue weighted by Crippen LogP contribution is 2.19. The Kier molecular flexibility index (Phi) is 4.29. The second-order valence-electron chi connectivity index (χ2n) is 4.85. The number of benzene rings is 2. The van der Waals surface area contributed by atoms with Gasteiger partial charge in [-0.15, -0.1) is 0 Å². The van der Waals surface area contributed by atoms with Gasteiger partial charge in [-0.05, 0) is 48.5 Å². The van der Waals surface area contributed by atoms with E-state index < -0.39 is 0 Å². The van der Waals surface area contributed by atoms with Gasteiger partial charge in [0.1, 0.15) is 11.6 Å². The van der Waals surface area contributed by atoms with E-state index in [0.717, 1.165) is 5.69 Å². The van der Waals surface area contributed by atoms with Crippen molar-refractivity contribution in [2.24, 2.45) is 0 Å². The number of aromatic nitrogens is 1. The van der Waals surface area contributed by atoms with Crippen LogP contribution in [-0.2, 0) is 0 Å². The van der Waals surface area contributed by atoms with E-state index in [0.29, 0.717) is 17.1 Å². The maximum atomic E-state index is 12.9. The number of carbonyl (C=O) groups is 1. The second kappa shape index (κ2) is 6.70. The summed E-state index contributed by atoms with van der Waals surface area (Å²) in [7, 11) is 0. The molecule has 0 aliphatic heterocycles. The normalized spacial score (nSPS) is 10.1. The Morgan fingerprint density at radius 1 is 0.870 bits per heavy atom. The first-order valence-electron chi connectivity index (χ1n) is 7.06. The minimum Gasteiger partial charge on any atom is -0.340 e. The number of nitrogens with zero attached hydrogens (tertiary/aromatic N) is 1. The van der Waals surface area contributed by atoms with E-state index in [1.165, 1.54) is 24.3 Å². The van der Waals surface area contributed by atoms with Crippen LogP contribution in [0, 0.1) is 5.82 Å². The van der Waals surface area contributed by atoms with Crippen LogP contribution >= 0.6 is 0 Å². The molecule has 1 amide bonds. The largest absolute Gasteiger partial charge is 0.340 e. The van der Waals surface area contributed by atoms with Gasteiger partial charge in [0.15, 0.2) is 0 Å². The summed E-state index contributed by atoms with van der Waals surface area (Å²) in [5.74, 6) is -0.211. The van der Waals surface area contributed by atoms with Crippen molar-refractivity contribution in [2.75, 3.05) is 10.6 Å². The lowest BCUT2D eigenvalue weighted by Gasteiger charge is -2.11. The average Bonchev–Trinajstić information content (AvgIpc) is 2.58. The molecule has 1 heterocycles. The second-order valence-corrected chi connectivity index (χ2v) is 4.85. The molecule has 0 fully saturated rings. The van der Waals surface area contributed by atoms with Crippen LogP contribution in [0.1, 0.15) is 10.4 Å². The molecule has 0 saturated heterocycles. The van der Waals surface area contributed by atoms with E-state index in [2.05, 4.69) is 15.6 Å². The highest BCUT2D eigenvalue weighted by Gasteiger charge is 2.12. The average molecular weight is 307 g/mol. The van der Waals surface area contributed by atoms with Gasteiger partial charge in [-0.1, -0.05) is 18.2 Å². The third-order valence-corrected chi connectivity index (χ3v) is 3.19. The molecule has 0 spiro atoms. The molecular formula is C18H14FN3O. The van der Waals surface area contributed by atoms with Crippen molar-refractivity contribution in [1.29, 1.82) is 0 Å². The Morgan fingerprint density at radius 2 is 1.61 bits per heavy atom. The van der Waals surface area contributed by atoms with E-state index in [-0.39, 0.29) is 11.7 Å². The lowest BCUT2D eigenvalue weighted by Crippen LogP contribution is -2.14. The fourth-order valence-corrected chi connectivity index (χ4v) is 2.08. The molecule has 23 heavy (non-hydrogen) atoms. The van der Waals surface area contributed by atoms with Gasteiger partial charge in [0.2, 0.25) is 0 Å². The molecule has 0 bridgehead atoms. The van der Waals surface area contributed by atoms with Gasteiger partial charge in [-0.3, -0.25) is 4.79 Å². The Morgan fingerprint density at radius 3 is 2.35 bits per heavy atom. The molecule has 0 saturated carbocycles. The topological polar surface area (TPSA) is 54.0 Å². The number of anilines is 3. The molecule has 2 N–H and O–H groups in total. The number of para-hydroxylation sites is 1. The lowest BCUT2D eigenvalue weighted by atomic mass is 10.2. The zero-order chi connectivity index (χ0) is 16.1. The maximum Gasteiger partial charge on any atom is 0.259 e. The number of rotatable bonds is 4. The zero-order valence-electron chi connectivity index (χ0n) is 12.2. The van der Waals surface area contributed by atoms with E-state index in [4.69, 9.17) is 0 Å². The monoisotopic (exact) mass is 307 g/mol. The Hall–Kier alpha value is -3.21. The van der Waals surface area contributed by atoms with Crippen molar-refractivity contribution in [3.63, 3.8) is 0 Å². The first-order chi connectivity index (χ1) is 11.2. The summed E-state index contributed by atoms with van der Waals surface area (Å²) in [6.45, 7) is 0. The van der Waals surface area contributed by atoms with Gasteiger partial charge in [0, 0.05) is 17.6 Å². The first kappa shape index (κ1) is 14.7. The molecule has 0 aliphatic carbocycles.